The normalized spacial score (nSPS) is 13.6. The van der Waals surface area contributed by atoms with Crippen LogP contribution in [0, 0.1) is 22.7 Å². The van der Waals surface area contributed by atoms with E-state index in [-0.39, 0.29) is 0 Å². The highest BCUT2D eigenvalue weighted by molar-refractivity contribution is 6.11. The van der Waals surface area contributed by atoms with E-state index in [1.54, 1.807) is 0 Å². The van der Waals surface area contributed by atoms with Gasteiger partial charge in [0.2, 0.25) is 0 Å². The molecule has 0 aromatic heterocycles. The Morgan fingerprint density at radius 3 is 1.35 bits per heavy atom. The van der Waals surface area contributed by atoms with Crippen molar-refractivity contribution in [3.05, 3.63) is 275 Å². The molecule has 0 fully saturated rings. The van der Waals surface area contributed by atoms with Crippen LogP contribution in [0.2, 0.25) is 0 Å². The fraction of sp³-hybridized carbons (Fsp3) is 0.0588. The third-order valence-electron chi connectivity index (χ3n) is 15.9. The number of anilines is 6. The zero-order valence-electron chi connectivity index (χ0n) is 39.7. The Morgan fingerprint density at radius 1 is 0.347 bits per heavy atom. The van der Waals surface area contributed by atoms with Gasteiger partial charge in [-0.05, 0) is 139 Å². The van der Waals surface area contributed by atoms with E-state index in [1.165, 1.54) is 66.8 Å². The summed E-state index contributed by atoms with van der Waals surface area (Å²) in [6, 6.07) is 88.0. The van der Waals surface area contributed by atoms with E-state index >= 15 is 0 Å². The van der Waals surface area contributed by atoms with Gasteiger partial charge in [0.05, 0.1) is 45.7 Å². The lowest BCUT2D eigenvalue weighted by Crippen LogP contribution is -2.27. The second-order valence-corrected chi connectivity index (χ2v) is 19.8. The molecule has 3 aliphatic carbocycles. The second kappa shape index (κ2) is 15.5. The van der Waals surface area contributed by atoms with Crippen molar-refractivity contribution in [2.24, 2.45) is 0 Å². The maximum Gasteiger partial charge on any atom is 0.0991 e. The Morgan fingerprint density at radius 2 is 0.778 bits per heavy atom. The summed E-state index contributed by atoms with van der Waals surface area (Å²) in [6.45, 7) is 4.80. The quantitative estimate of drug-likeness (QED) is 0.167. The lowest BCUT2D eigenvalue weighted by Gasteiger charge is -2.35. The van der Waals surface area contributed by atoms with Crippen molar-refractivity contribution >= 4 is 55.7 Å². The fourth-order valence-electron chi connectivity index (χ4n) is 12.8. The van der Waals surface area contributed by atoms with Gasteiger partial charge in [0.25, 0.3) is 0 Å². The summed E-state index contributed by atoms with van der Waals surface area (Å²) in [6.07, 6.45) is 0. The van der Waals surface area contributed by atoms with Crippen molar-refractivity contribution < 1.29 is 0 Å². The molecule has 0 saturated carbocycles. The zero-order chi connectivity index (χ0) is 48.3. The van der Waals surface area contributed by atoms with Crippen LogP contribution >= 0.6 is 0 Å². The fourth-order valence-corrected chi connectivity index (χ4v) is 12.8. The molecule has 0 radical (unpaired) electrons. The molecule has 0 N–H and O–H groups in total. The first-order valence-electron chi connectivity index (χ1n) is 24.6. The molecule has 0 aliphatic heterocycles. The van der Waals surface area contributed by atoms with Gasteiger partial charge in [0.15, 0.2) is 0 Å². The van der Waals surface area contributed by atoms with Crippen molar-refractivity contribution in [1.82, 2.24) is 0 Å². The summed E-state index contributed by atoms with van der Waals surface area (Å²) < 4.78 is 0. The van der Waals surface area contributed by atoms with E-state index in [0.29, 0.717) is 11.1 Å². The average Bonchev–Trinajstić information content (AvgIpc) is 3.99. The van der Waals surface area contributed by atoms with Crippen molar-refractivity contribution in [3.8, 4) is 45.5 Å². The van der Waals surface area contributed by atoms with Gasteiger partial charge >= 0.3 is 0 Å². The number of hydrogen-bond acceptors (Lipinski definition) is 4. The van der Waals surface area contributed by atoms with Crippen LogP contribution in [-0.4, -0.2) is 0 Å². The smallest absolute Gasteiger partial charge is 0.0991 e. The summed E-state index contributed by atoms with van der Waals surface area (Å²) in [5.41, 5.74) is 21.3. The molecule has 4 heteroatoms. The minimum absolute atomic E-state index is 0.484. The standard InChI is InChI=1S/C68H44N4/c1-67(2)59-39-49(71(47-33-29-43(41-69)30-34-47)62-27-13-17-45-15-3-5-19-50(45)62)37-38-55(59)64-60(67)40-61-65(54-23-9-12-26-58(54)68(61)56-24-10-7-21-52(56)53-22-8-11-25-57(53)68)66(64)72(48-35-31-44(42-70)32-36-48)63-28-14-18-46-16-4-6-20-51(46)63/h3-40H,1-2H3. The van der Waals surface area contributed by atoms with E-state index in [9.17, 15) is 10.5 Å². The van der Waals surface area contributed by atoms with Crippen LogP contribution in [0.1, 0.15) is 58.4 Å². The third-order valence-corrected chi connectivity index (χ3v) is 15.9. The molecular formula is C68H44N4. The maximum atomic E-state index is 10.2. The van der Waals surface area contributed by atoms with E-state index in [4.69, 9.17) is 0 Å². The molecule has 11 aromatic rings. The summed E-state index contributed by atoms with van der Waals surface area (Å²) in [4.78, 5) is 4.85. The van der Waals surface area contributed by atoms with E-state index < -0.39 is 10.8 Å². The predicted molar refractivity (Wildman–Crippen MR) is 294 cm³/mol. The minimum atomic E-state index is -0.602. The Labute approximate surface area is 419 Å². The lowest BCUT2D eigenvalue weighted by molar-refractivity contribution is 0.657. The van der Waals surface area contributed by atoms with Gasteiger partial charge in [-0.25, -0.2) is 0 Å². The van der Waals surface area contributed by atoms with Crippen LogP contribution in [0.15, 0.2) is 231 Å². The van der Waals surface area contributed by atoms with Crippen molar-refractivity contribution in [3.63, 3.8) is 0 Å². The first-order chi connectivity index (χ1) is 35.4. The largest absolute Gasteiger partial charge is 0.310 e. The molecule has 0 amide bonds. The average molecular weight is 917 g/mol. The summed E-state index contributed by atoms with van der Waals surface area (Å²) in [5.74, 6) is 0. The number of nitriles is 2. The zero-order valence-corrected chi connectivity index (χ0v) is 39.7. The first-order valence-corrected chi connectivity index (χ1v) is 24.6. The van der Waals surface area contributed by atoms with Crippen molar-refractivity contribution in [2.45, 2.75) is 24.7 Å². The third kappa shape index (κ3) is 5.67. The van der Waals surface area contributed by atoms with Crippen LogP contribution in [0.4, 0.5) is 34.1 Å². The number of rotatable bonds is 6. The Kier molecular flexibility index (Phi) is 8.94. The number of nitrogens with zero attached hydrogens (tertiary/aromatic N) is 4. The molecule has 0 atom stereocenters. The molecule has 336 valence electrons. The Bertz CT molecular complexity index is 4110. The van der Waals surface area contributed by atoms with E-state index in [1.807, 2.05) is 24.3 Å². The molecule has 4 nitrogen and oxygen atoms in total. The van der Waals surface area contributed by atoms with Crippen molar-refractivity contribution in [2.75, 3.05) is 9.80 Å². The molecule has 11 aromatic carbocycles. The van der Waals surface area contributed by atoms with Crippen molar-refractivity contribution in [1.29, 1.82) is 10.5 Å². The highest BCUT2D eigenvalue weighted by Crippen LogP contribution is 2.68. The van der Waals surface area contributed by atoms with Gasteiger partial charge in [-0.1, -0.05) is 172 Å². The molecule has 0 heterocycles. The van der Waals surface area contributed by atoms with Gasteiger partial charge < -0.3 is 9.80 Å². The van der Waals surface area contributed by atoms with Crippen LogP contribution in [-0.2, 0) is 10.8 Å². The first kappa shape index (κ1) is 41.5. The lowest BCUT2D eigenvalue weighted by atomic mass is 9.69. The second-order valence-electron chi connectivity index (χ2n) is 19.8. The van der Waals surface area contributed by atoms with E-state index in [0.717, 1.165) is 55.7 Å². The van der Waals surface area contributed by atoms with Gasteiger partial charge in [-0.2, -0.15) is 10.5 Å². The van der Waals surface area contributed by atoms with Crippen LogP contribution in [0.3, 0.4) is 0 Å². The molecule has 14 rings (SSSR count). The molecule has 0 unspecified atom stereocenters. The van der Waals surface area contributed by atoms with Crippen LogP contribution in [0.5, 0.6) is 0 Å². The van der Waals surface area contributed by atoms with Crippen LogP contribution in [0.25, 0.3) is 54.9 Å². The van der Waals surface area contributed by atoms with Gasteiger partial charge in [-0.3, -0.25) is 0 Å². The van der Waals surface area contributed by atoms with Gasteiger partial charge in [-0.15, -0.1) is 0 Å². The molecule has 0 saturated heterocycles. The predicted octanol–water partition coefficient (Wildman–Crippen LogP) is 17.3. The summed E-state index contributed by atoms with van der Waals surface area (Å²) in [5, 5.41) is 24.6. The number of hydrogen-bond donors (Lipinski definition) is 0. The maximum absolute atomic E-state index is 10.2. The number of fused-ring (bicyclic) bond motifs is 15. The van der Waals surface area contributed by atoms with Crippen LogP contribution < -0.4 is 9.80 Å². The topological polar surface area (TPSA) is 54.1 Å². The highest BCUT2D eigenvalue weighted by Gasteiger charge is 2.54. The highest BCUT2D eigenvalue weighted by atomic mass is 15.2. The summed E-state index contributed by atoms with van der Waals surface area (Å²) in [7, 11) is 0. The molecule has 3 aliphatic rings. The van der Waals surface area contributed by atoms with Gasteiger partial charge in [0.1, 0.15) is 0 Å². The minimum Gasteiger partial charge on any atom is -0.310 e. The van der Waals surface area contributed by atoms with E-state index in [2.05, 4.69) is 242 Å². The molecule has 1 spiro atoms. The SMILES string of the molecule is CC1(C)c2cc(N(c3ccc(C#N)cc3)c3cccc4ccccc34)ccc2-c2c1cc1c(c2N(c2ccc(C#N)cc2)c2cccc3ccccc23)-c2ccccc2C12c1ccccc1-c1ccccc12. The molecule has 0 bridgehead atoms. The molecule has 72 heavy (non-hydrogen) atoms. The molecular weight excluding hydrogens is 873 g/mol. The summed E-state index contributed by atoms with van der Waals surface area (Å²) >= 11 is 0. The Hall–Kier alpha value is -9.48. The van der Waals surface area contributed by atoms with Gasteiger partial charge in [0, 0.05) is 44.4 Å². The monoisotopic (exact) mass is 916 g/mol. The number of benzene rings is 11. The Balaban J connectivity index is 1.12.